The Hall–Kier alpha value is -1.26. The minimum Gasteiger partial charge on any atom is -0.343 e. The second kappa shape index (κ2) is 8.90. The number of hydrogen-bond donors (Lipinski definition) is 1. The van der Waals surface area contributed by atoms with Gasteiger partial charge in [-0.05, 0) is 32.1 Å². The fraction of sp³-hybridized carbons (Fsp3) is 0.875. The van der Waals surface area contributed by atoms with Gasteiger partial charge in [0.05, 0.1) is 0 Å². The number of likely N-dealkylation sites (tertiary alicyclic amines) is 2. The van der Waals surface area contributed by atoms with Gasteiger partial charge in [-0.25, -0.2) is 4.79 Å². The lowest BCUT2D eigenvalue weighted by molar-refractivity contribution is -0.130. The molecular formula is C16H29N3O2. The lowest BCUT2D eigenvalue weighted by atomic mass is 10.2. The van der Waals surface area contributed by atoms with Gasteiger partial charge < -0.3 is 15.1 Å². The molecule has 2 heterocycles. The maximum Gasteiger partial charge on any atom is 0.317 e. The molecule has 3 amide bonds. The van der Waals surface area contributed by atoms with Crippen molar-refractivity contribution in [1.29, 1.82) is 0 Å². The zero-order valence-corrected chi connectivity index (χ0v) is 13.1. The molecule has 0 aromatic heterocycles. The molecule has 2 aliphatic rings. The Morgan fingerprint density at radius 1 is 0.952 bits per heavy atom. The first-order valence-electron chi connectivity index (χ1n) is 8.58. The van der Waals surface area contributed by atoms with E-state index in [0.29, 0.717) is 13.0 Å². The number of hydrogen-bond acceptors (Lipinski definition) is 2. The van der Waals surface area contributed by atoms with Crippen LogP contribution in [0.25, 0.3) is 0 Å². The van der Waals surface area contributed by atoms with Gasteiger partial charge in [0.25, 0.3) is 0 Å². The predicted octanol–water partition coefficient (Wildman–Crippen LogP) is 2.36. The summed E-state index contributed by atoms with van der Waals surface area (Å²) >= 11 is 0. The molecule has 0 saturated carbocycles. The summed E-state index contributed by atoms with van der Waals surface area (Å²) in [5, 5.41) is 3.00. The van der Waals surface area contributed by atoms with Crippen LogP contribution in [-0.4, -0.2) is 54.5 Å². The molecule has 0 aliphatic carbocycles. The molecule has 2 aliphatic heterocycles. The SMILES string of the molecule is O=C1CCCCCN1CCCNC(=O)N1CCCCCC1. The fourth-order valence-electron chi connectivity index (χ4n) is 3.13. The highest BCUT2D eigenvalue weighted by Crippen LogP contribution is 2.11. The Bertz CT molecular complexity index is 338. The van der Waals surface area contributed by atoms with E-state index < -0.39 is 0 Å². The van der Waals surface area contributed by atoms with Crippen LogP contribution in [0.2, 0.25) is 0 Å². The van der Waals surface area contributed by atoms with Crippen molar-refractivity contribution in [1.82, 2.24) is 15.1 Å². The molecule has 21 heavy (non-hydrogen) atoms. The zero-order valence-electron chi connectivity index (χ0n) is 13.1. The highest BCUT2D eigenvalue weighted by atomic mass is 16.2. The van der Waals surface area contributed by atoms with Crippen molar-refractivity contribution in [2.45, 2.75) is 57.8 Å². The molecule has 0 unspecified atom stereocenters. The average Bonchev–Trinajstić information content (AvgIpc) is 2.87. The van der Waals surface area contributed by atoms with Gasteiger partial charge in [0.1, 0.15) is 0 Å². The summed E-state index contributed by atoms with van der Waals surface area (Å²) in [5.74, 6) is 0.284. The van der Waals surface area contributed by atoms with Gasteiger partial charge in [-0.3, -0.25) is 4.79 Å². The van der Waals surface area contributed by atoms with Gasteiger partial charge in [-0.2, -0.15) is 0 Å². The standard InChI is InChI=1S/C16H29N3O2/c20-15-9-4-3-7-11-18(15)14-8-10-17-16(21)19-12-5-1-2-6-13-19/h1-14H2,(H,17,21). The average molecular weight is 295 g/mol. The first-order valence-corrected chi connectivity index (χ1v) is 8.58. The van der Waals surface area contributed by atoms with E-state index >= 15 is 0 Å². The van der Waals surface area contributed by atoms with E-state index in [0.717, 1.165) is 64.7 Å². The summed E-state index contributed by atoms with van der Waals surface area (Å²) in [6, 6.07) is 0.0686. The molecule has 2 saturated heterocycles. The minimum atomic E-state index is 0.0686. The molecule has 0 aromatic rings. The molecular weight excluding hydrogens is 266 g/mol. The monoisotopic (exact) mass is 295 g/mol. The molecule has 5 heteroatoms. The Morgan fingerprint density at radius 3 is 2.38 bits per heavy atom. The summed E-state index contributed by atoms with van der Waals surface area (Å²) in [7, 11) is 0. The number of carbonyl (C=O) groups excluding carboxylic acids is 2. The van der Waals surface area contributed by atoms with Crippen LogP contribution in [0.5, 0.6) is 0 Å². The highest BCUT2D eigenvalue weighted by Gasteiger charge is 2.17. The summed E-state index contributed by atoms with van der Waals surface area (Å²) in [6.45, 7) is 4.10. The number of nitrogens with zero attached hydrogens (tertiary/aromatic N) is 2. The lowest BCUT2D eigenvalue weighted by Gasteiger charge is -2.22. The van der Waals surface area contributed by atoms with Gasteiger partial charge in [-0.15, -0.1) is 0 Å². The summed E-state index contributed by atoms with van der Waals surface area (Å²) in [4.78, 5) is 27.8. The topological polar surface area (TPSA) is 52.7 Å². The van der Waals surface area contributed by atoms with Crippen LogP contribution in [0, 0.1) is 0 Å². The quantitative estimate of drug-likeness (QED) is 0.810. The fourth-order valence-corrected chi connectivity index (χ4v) is 3.13. The molecule has 2 fully saturated rings. The van der Waals surface area contributed by atoms with Crippen molar-refractivity contribution in [3.63, 3.8) is 0 Å². The van der Waals surface area contributed by atoms with Gasteiger partial charge in [0.2, 0.25) is 5.91 Å². The van der Waals surface area contributed by atoms with Gasteiger partial charge in [-0.1, -0.05) is 19.3 Å². The van der Waals surface area contributed by atoms with Crippen LogP contribution in [-0.2, 0) is 4.79 Å². The third-order valence-electron chi connectivity index (χ3n) is 4.45. The summed E-state index contributed by atoms with van der Waals surface area (Å²) < 4.78 is 0. The summed E-state index contributed by atoms with van der Waals surface area (Å²) in [5.41, 5.74) is 0. The van der Waals surface area contributed by atoms with Crippen molar-refractivity contribution in [2.24, 2.45) is 0 Å². The number of nitrogens with one attached hydrogen (secondary N) is 1. The van der Waals surface area contributed by atoms with Crippen molar-refractivity contribution >= 4 is 11.9 Å². The van der Waals surface area contributed by atoms with Crippen LogP contribution in [0.3, 0.4) is 0 Å². The molecule has 120 valence electrons. The largest absolute Gasteiger partial charge is 0.343 e. The molecule has 5 nitrogen and oxygen atoms in total. The first-order chi connectivity index (χ1) is 10.3. The van der Waals surface area contributed by atoms with E-state index in [9.17, 15) is 9.59 Å². The van der Waals surface area contributed by atoms with E-state index in [1.165, 1.54) is 12.8 Å². The number of carbonyl (C=O) groups is 2. The molecule has 0 atom stereocenters. The Morgan fingerprint density at radius 2 is 1.62 bits per heavy atom. The molecule has 1 N–H and O–H groups in total. The Balaban J connectivity index is 1.62. The smallest absolute Gasteiger partial charge is 0.317 e. The lowest BCUT2D eigenvalue weighted by Crippen LogP contribution is -2.41. The zero-order chi connectivity index (χ0) is 14.9. The predicted molar refractivity (Wildman–Crippen MR) is 83.1 cm³/mol. The van der Waals surface area contributed by atoms with Crippen LogP contribution >= 0.6 is 0 Å². The maximum absolute atomic E-state index is 12.1. The Kier molecular flexibility index (Phi) is 6.83. The van der Waals surface area contributed by atoms with Crippen molar-refractivity contribution in [3.8, 4) is 0 Å². The van der Waals surface area contributed by atoms with Crippen molar-refractivity contribution < 1.29 is 9.59 Å². The second-order valence-corrected chi connectivity index (χ2v) is 6.18. The third kappa shape index (κ3) is 5.56. The number of rotatable bonds is 4. The first kappa shape index (κ1) is 16.1. The van der Waals surface area contributed by atoms with Crippen LogP contribution < -0.4 is 5.32 Å². The van der Waals surface area contributed by atoms with E-state index in [2.05, 4.69) is 5.32 Å². The van der Waals surface area contributed by atoms with E-state index in [-0.39, 0.29) is 11.9 Å². The van der Waals surface area contributed by atoms with Gasteiger partial charge >= 0.3 is 6.03 Å². The van der Waals surface area contributed by atoms with Crippen LogP contribution in [0.4, 0.5) is 4.79 Å². The molecule has 0 aromatic carbocycles. The highest BCUT2D eigenvalue weighted by molar-refractivity contribution is 5.76. The molecule has 2 rings (SSSR count). The van der Waals surface area contributed by atoms with Gasteiger partial charge in [0.15, 0.2) is 0 Å². The minimum absolute atomic E-state index is 0.0686. The Labute approximate surface area is 128 Å². The molecule has 0 bridgehead atoms. The second-order valence-electron chi connectivity index (χ2n) is 6.18. The van der Waals surface area contributed by atoms with Crippen LogP contribution in [0.1, 0.15) is 57.8 Å². The third-order valence-corrected chi connectivity index (χ3v) is 4.45. The van der Waals surface area contributed by atoms with E-state index in [1.807, 2.05) is 9.80 Å². The van der Waals surface area contributed by atoms with Gasteiger partial charge in [0, 0.05) is 39.1 Å². The van der Waals surface area contributed by atoms with Crippen LogP contribution in [0.15, 0.2) is 0 Å². The number of amides is 3. The maximum atomic E-state index is 12.1. The molecule has 0 spiro atoms. The normalized spacial score (nSPS) is 20.9. The van der Waals surface area contributed by atoms with E-state index in [1.54, 1.807) is 0 Å². The molecule has 0 radical (unpaired) electrons. The van der Waals surface area contributed by atoms with Crippen molar-refractivity contribution in [3.05, 3.63) is 0 Å². The number of urea groups is 1. The van der Waals surface area contributed by atoms with E-state index in [4.69, 9.17) is 0 Å². The summed E-state index contributed by atoms with van der Waals surface area (Å²) in [6.07, 6.45) is 9.57. The van der Waals surface area contributed by atoms with Crippen molar-refractivity contribution in [2.75, 3.05) is 32.7 Å².